The number of H-pyrrole nitrogens is 1. The quantitative estimate of drug-likeness (QED) is 0.812. The van der Waals surface area contributed by atoms with Crippen LogP contribution in [0.5, 0.6) is 0 Å². The van der Waals surface area contributed by atoms with Crippen molar-refractivity contribution in [1.82, 2.24) is 10.2 Å². The maximum absolute atomic E-state index is 11.7. The summed E-state index contributed by atoms with van der Waals surface area (Å²) >= 11 is 6.70. The molecule has 0 spiro atoms. The minimum Gasteiger partial charge on any atom is -0.287 e. The van der Waals surface area contributed by atoms with Crippen LogP contribution in [-0.2, 0) is 0 Å². The Morgan fingerprint density at radius 3 is 2.79 bits per heavy atom. The summed E-state index contributed by atoms with van der Waals surface area (Å²) in [5, 5.41) is 7.38. The molecule has 0 aliphatic rings. The van der Waals surface area contributed by atoms with Crippen LogP contribution >= 0.6 is 31.9 Å². The number of hydrogen-bond acceptors (Lipinski definition) is 2. The van der Waals surface area contributed by atoms with Gasteiger partial charge in [0.25, 0.3) is 0 Å². The molecule has 1 N–H and O–H groups in total. The standard InChI is InChI=1S/C9H6Br2N2O/c1-4-9(14)8-6(11)2-5(10)3-7(8)13-12-4/h2-3H,1H3,(H,13,14). The maximum Gasteiger partial charge on any atom is 0.211 e. The summed E-state index contributed by atoms with van der Waals surface area (Å²) in [4.78, 5) is 11.7. The second-order valence-corrected chi connectivity index (χ2v) is 4.72. The van der Waals surface area contributed by atoms with Crippen molar-refractivity contribution < 1.29 is 0 Å². The molecule has 1 aromatic heterocycles. The van der Waals surface area contributed by atoms with Gasteiger partial charge in [0.15, 0.2) is 0 Å². The number of nitrogens with one attached hydrogen (secondary N) is 1. The van der Waals surface area contributed by atoms with Crippen molar-refractivity contribution in [3.63, 3.8) is 0 Å². The minimum atomic E-state index is -0.0434. The number of aromatic amines is 1. The lowest BCUT2D eigenvalue weighted by Gasteiger charge is -2.01. The van der Waals surface area contributed by atoms with Gasteiger partial charge < -0.3 is 0 Å². The number of hydrogen-bond donors (Lipinski definition) is 1. The molecule has 0 unspecified atom stereocenters. The minimum absolute atomic E-state index is 0.0434. The monoisotopic (exact) mass is 316 g/mol. The van der Waals surface area contributed by atoms with Crippen LogP contribution in [-0.4, -0.2) is 10.2 Å². The highest BCUT2D eigenvalue weighted by Gasteiger charge is 2.07. The van der Waals surface area contributed by atoms with Crippen molar-refractivity contribution >= 4 is 42.8 Å². The van der Waals surface area contributed by atoms with Gasteiger partial charge in [-0.3, -0.25) is 9.89 Å². The third-order valence-corrected chi connectivity index (χ3v) is 3.04. The second-order valence-electron chi connectivity index (χ2n) is 2.95. The van der Waals surface area contributed by atoms with Gasteiger partial charge in [-0.15, -0.1) is 0 Å². The number of aromatic nitrogens is 2. The Kier molecular flexibility index (Phi) is 2.45. The lowest BCUT2D eigenvalue weighted by molar-refractivity contribution is 1.00. The van der Waals surface area contributed by atoms with E-state index in [0.29, 0.717) is 11.1 Å². The van der Waals surface area contributed by atoms with Crippen molar-refractivity contribution in [3.8, 4) is 0 Å². The van der Waals surface area contributed by atoms with Gasteiger partial charge in [0.2, 0.25) is 5.43 Å². The van der Waals surface area contributed by atoms with Crippen molar-refractivity contribution in [1.29, 1.82) is 0 Å². The Balaban J connectivity index is 3.03. The first-order valence-corrected chi connectivity index (χ1v) is 5.52. The second kappa shape index (κ2) is 3.47. The number of halogens is 2. The van der Waals surface area contributed by atoms with Crippen LogP contribution in [0.25, 0.3) is 10.9 Å². The molecule has 14 heavy (non-hydrogen) atoms. The lowest BCUT2D eigenvalue weighted by atomic mass is 10.2. The zero-order chi connectivity index (χ0) is 10.3. The summed E-state index contributed by atoms with van der Waals surface area (Å²) in [5.74, 6) is 0. The fourth-order valence-corrected chi connectivity index (χ4v) is 2.67. The molecule has 0 aliphatic carbocycles. The van der Waals surface area contributed by atoms with Gasteiger partial charge >= 0.3 is 0 Å². The van der Waals surface area contributed by atoms with Gasteiger partial charge in [-0.1, -0.05) is 15.9 Å². The molecule has 0 saturated carbocycles. The SMILES string of the molecule is Cc1n[nH]c2cc(Br)cc(Br)c2c1=O. The topological polar surface area (TPSA) is 45.8 Å². The fourth-order valence-electron chi connectivity index (χ4n) is 1.27. The molecule has 5 heteroatoms. The van der Waals surface area contributed by atoms with E-state index in [1.165, 1.54) is 0 Å². The number of nitrogens with zero attached hydrogens (tertiary/aromatic N) is 1. The summed E-state index contributed by atoms with van der Waals surface area (Å²) in [5.41, 5.74) is 1.15. The Morgan fingerprint density at radius 2 is 2.07 bits per heavy atom. The molecular formula is C9H6Br2N2O. The van der Waals surface area contributed by atoms with Crippen LogP contribution in [0.2, 0.25) is 0 Å². The van der Waals surface area contributed by atoms with Gasteiger partial charge in [0.1, 0.15) is 5.69 Å². The van der Waals surface area contributed by atoms with E-state index in [0.717, 1.165) is 14.5 Å². The van der Waals surface area contributed by atoms with E-state index in [1.54, 1.807) is 6.92 Å². The Bertz CT molecular complexity index is 562. The Morgan fingerprint density at radius 1 is 1.36 bits per heavy atom. The van der Waals surface area contributed by atoms with E-state index in [2.05, 4.69) is 42.1 Å². The normalized spacial score (nSPS) is 10.8. The molecule has 1 heterocycles. The molecule has 0 amide bonds. The van der Waals surface area contributed by atoms with Crippen LogP contribution in [0.4, 0.5) is 0 Å². The third kappa shape index (κ3) is 1.50. The molecule has 0 atom stereocenters. The third-order valence-electron chi connectivity index (χ3n) is 1.95. The number of rotatable bonds is 0. The first-order chi connectivity index (χ1) is 6.59. The summed E-state index contributed by atoms with van der Waals surface area (Å²) in [7, 11) is 0. The molecule has 0 aliphatic heterocycles. The van der Waals surface area contributed by atoms with E-state index in [1.807, 2.05) is 12.1 Å². The highest BCUT2D eigenvalue weighted by molar-refractivity contribution is 9.11. The van der Waals surface area contributed by atoms with Gasteiger partial charge in [-0.25, -0.2) is 0 Å². The van der Waals surface area contributed by atoms with E-state index in [4.69, 9.17) is 0 Å². The first kappa shape index (κ1) is 9.86. The Hall–Kier alpha value is -0.680. The van der Waals surface area contributed by atoms with Crippen molar-refractivity contribution in [2.24, 2.45) is 0 Å². The van der Waals surface area contributed by atoms with E-state index >= 15 is 0 Å². The van der Waals surface area contributed by atoms with Crippen LogP contribution < -0.4 is 5.43 Å². The molecular weight excluding hydrogens is 312 g/mol. The molecule has 0 fully saturated rings. The average Bonchev–Trinajstić information content (AvgIpc) is 2.10. The van der Waals surface area contributed by atoms with Gasteiger partial charge in [-0.05, 0) is 35.0 Å². The van der Waals surface area contributed by atoms with E-state index in [-0.39, 0.29) is 5.43 Å². The number of benzene rings is 1. The number of fused-ring (bicyclic) bond motifs is 1. The summed E-state index contributed by atoms with van der Waals surface area (Å²) in [6.07, 6.45) is 0. The highest BCUT2D eigenvalue weighted by Crippen LogP contribution is 2.24. The van der Waals surface area contributed by atoms with Gasteiger partial charge in [0, 0.05) is 8.95 Å². The van der Waals surface area contributed by atoms with E-state index < -0.39 is 0 Å². The smallest absolute Gasteiger partial charge is 0.211 e. The zero-order valence-corrected chi connectivity index (χ0v) is 10.4. The van der Waals surface area contributed by atoms with Crippen LogP contribution in [0, 0.1) is 6.92 Å². The van der Waals surface area contributed by atoms with Crippen molar-refractivity contribution in [3.05, 3.63) is 37.0 Å². The summed E-state index contributed by atoms with van der Waals surface area (Å²) in [6, 6.07) is 3.67. The molecule has 3 nitrogen and oxygen atoms in total. The van der Waals surface area contributed by atoms with Crippen molar-refractivity contribution in [2.45, 2.75) is 6.92 Å². The number of aryl methyl sites for hydroxylation is 1. The molecule has 2 rings (SSSR count). The van der Waals surface area contributed by atoms with Crippen LogP contribution in [0.1, 0.15) is 5.69 Å². The summed E-state index contributed by atoms with van der Waals surface area (Å²) < 4.78 is 1.67. The van der Waals surface area contributed by atoms with Crippen LogP contribution in [0.3, 0.4) is 0 Å². The molecule has 0 bridgehead atoms. The van der Waals surface area contributed by atoms with Crippen molar-refractivity contribution in [2.75, 3.05) is 0 Å². The average molecular weight is 318 g/mol. The highest BCUT2D eigenvalue weighted by atomic mass is 79.9. The predicted molar refractivity (Wildman–Crippen MR) is 62.5 cm³/mol. The largest absolute Gasteiger partial charge is 0.287 e. The molecule has 2 aromatic rings. The maximum atomic E-state index is 11.7. The summed E-state index contributed by atoms with van der Waals surface area (Å²) in [6.45, 7) is 1.69. The van der Waals surface area contributed by atoms with E-state index in [9.17, 15) is 4.79 Å². The molecule has 1 aromatic carbocycles. The fraction of sp³-hybridized carbons (Fsp3) is 0.111. The first-order valence-electron chi connectivity index (χ1n) is 3.93. The van der Waals surface area contributed by atoms with Gasteiger partial charge in [-0.2, -0.15) is 5.10 Å². The van der Waals surface area contributed by atoms with Crippen LogP contribution in [0.15, 0.2) is 25.9 Å². The van der Waals surface area contributed by atoms with Gasteiger partial charge in [0.05, 0.1) is 10.9 Å². The molecule has 0 saturated heterocycles. The Labute approximate surface area is 96.8 Å². The molecule has 72 valence electrons. The lowest BCUT2D eigenvalue weighted by Crippen LogP contribution is -2.10. The molecule has 0 radical (unpaired) electrons. The zero-order valence-electron chi connectivity index (χ0n) is 7.27. The predicted octanol–water partition coefficient (Wildman–Crippen LogP) is 2.76.